The van der Waals surface area contributed by atoms with Crippen LogP contribution in [-0.2, 0) is 0 Å². The summed E-state index contributed by atoms with van der Waals surface area (Å²) in [6.07, 6.45) is 2.45. The fourth-order valence-corrected chi connectivity index (χ4v) is 6.31. The van der Waals surface area contributed by atoms with Crippen molar-refractivity contribution in [3.05, 3.63) is 0 Å². The maximum Gasteiger partial charge on any atom is 0.357 e. The average molecular weight is 355 g/mol. The van der Waals surface area contributed by atoms with Crippen molar-refractivity contribution in [2.75, 3.05) is 40.3 Å². The van der Waals surface area contributed by atoms with Gasteiger partial charge in [0.05, 0.1) is 39.8 Å². The summed E-state index contributed by atoms with van der Waals surface area (Å²) in [5, 5.41) is 0. The number of quaternary nitrogens is 2. The van der Waals surface area contributed by atoms with E-state index in [1.807, 2.05) is 0 Å². The number of hydrogen-bond acceptors (Lipinski definition) is 2. The number of likely N-dealkylation sites (N-methyl/N-ethyl adjacent to an activating group) is 2. The number of hydrogen-bond donors (Lipinski definition) is 0. The molecule has 2 aliphatic heterocycles. The van der Waals surface area contributed by atoms with Crippen molar-refractivity contribution in [1.82, 2.24) is 9.80 Å². The summed E-state index contributed by atoms with van der Waals surface area (Å²) in [5.74, 6) is 0.0627. The van der Waals surface area contributed by atoms with Crippen LogP contribution < -0.4 is 0 Å². The Bertz CT molecular complexity index is 469. The average Bonchev–Trinajstić information content (AvgIpc) is 2.98. The quantitative estimate of drug-likeness (QED) is 0.673. The summed E-state index contributed by atoms with van der Waals surface area (Å²) in [6.45, 7) is 24.3. The molecule has 2 heterocycles. The van der Waals surface area contributed by atoms with Gasteiger partial charge in [-0.3, -0.25) is 0 Å². The first-order chi connectivity index (χ1) is 11.6. The van der Waals surface area contributed by atoms with E-state index < -0.39 is 0 Å². The summed E-state index contributed by atoms with van der Waals surface area (Å²) < 4.78 is 2.30. The van der Waals surface area contributed by atoms with E-state index in [9.17, 15) is 0 Å². The summed E-state index contributed by atoms with van der Waals surface area (Å²) in [7, 11) is 5.09. The van der Waals surface area contributed by atoms with Gasteiger partial charge in [0.1, 0.15) is 12.6 Å². The van der Waals surface area contributed by atoms with E-state index in [-0.39, 0.29) is 5.91 Å². The molecule has 0 N–H and O–H groups in total. The van der Waals surface area contributed by atoms with E-state index >= 15 is 0 Å². The van der Waals surface area contributed by atoms with Crippen molar-refractivity contribution in [3.8, 4) is 0 Å². The van der Waals surface area contributed by atoms with E-state index in [0.717, 1.165) is 8.97 Å². The van der Waals surface area contributed by atoms with Crippen LogP contribution in [0.1, 0.15) is 68.2 Å². The molecule has 7 atom stereocenters. The third-order valence-corrected chi connectivity index (χ3v) is 8.26. The molecular formula is C21H46N4+2. The smallest absolute Gasteiger partial charge is 0.244 e. The van der Waals surface area contributed by atoms with Crippen LogP contribution in [0.5, 0.6) is 0 Å². The third-order valence-electron chi connectivity index (χ3n) is 8.26. The Morgan fingerprint density at radius 2 is 1.52 bits per heavy atom. The molecule has 4 heteroatoms. The standard InChI is InChI=1S/C21H46N4/c1-11-17(5)22-15-20(8)25(10,14-4)21(22)23(18(6)12-2)19(7)16-24(21,9)13-3/h17-20H,11-16H2,1-10H3/q+2/t17?,18?,19?,20?,21?,24-,25-/m1/s1. The minimum absolute atomic E-state index is 0.0627. The molecule has 0 amide bonds. The normalized spacial score (nSPS) is 45.4. The third kappa shape index (κ3) is 2.55. The number of nitrogens with zero attached hydrogens (tertiary/aromatic N) is 4. The lowest BCUT2D eigenvalue weighted by Gasteiger charge is -2.58. The van der Waals surface area contributed by atoms with Gasteiger partial charge in [0.15, 0.2) is 0 Å². The van der Waals surface area contributed by atoms with Crippen molar-refractivity contribution < 1.29 is 8.97 Å². The molecule has 2 aliphatic rings. The van der Waals surface area contributed by atoms with Gasteiger partial charge in [0.2, 0.25) is 0 Å². The predicted octanol–water partition coefficient (Wildman–Crippen LogP) is 3.54. The first-order valence-electron chi connectivity index (χ1n) is 10.9. The van der Waals surface area contributed by atoms with E-state index in [2.05, 4.69) is 79.3 Å². The summed E-state index contributed by atoms with van der Waals surface area (Å²) in [6, 6.07) is 2.53. The van der Waals surface area contributed by atoms with Crippen LogP contribution >= 0.6 is 0 Å². The van der Waals surface area contributed by atoms with Gasteiger partial charge in [-0.15, -0.1) is 0 Å². The fourth-order valence-electron chi connectivity index (χ4n) is 6.31. The molecule has 5 unspecified atom stereocenters. The number of rotatable bonds is 6. The van der Waals surface area contributed by atoms with Crippen LogP contribution in [0, 0.1) is 0 Å². The molecule has 0 aromatic carbocycles. The molecule has 148 valence electrons. The van der Waals surface area contributed by atoms with Gasteiger partial charge in [-0.1, -0.05) is 13.8 Å². The highest BCUT2D eigenvalue weighted by Gasteiger charge is 2.78. The van der Waals surface area contributed by atoms with Gasteiger partial charge in [0, 0.05) is 12.1 Å². The van der Waals surface area contributed by atoms with Gasteiger partial charge in [-0.05, 0) is 54.4 Å². The van der Waals surface area contributed by atoms with Crippen LogP contribution in [0.4, 0.5) is 0 Å². The molecule has 25 heavy (non-hydrogen) atoms. The Morgan fingerprint density at radius 1 is 0.960 bits per heavy atom. The first kappa shape index (κ1) is 21.1. The van der Waals surface area contributed by atoms with Crippen LogP contribution in [0.15, 0.2) is 0 Å². The molecule has 0 radical (unpaired) electrons. The van der Waals surface area contributed by atoms with Crippen LogP contribution in [0.25, 0.3) is 0 Å². The molecule has 1 spiro atoms. The summed E-state index contributed by atoms with van der Waals surface area (Å²) in [4.78, 5) is 5.86. The molecule has 0 bridgehead atoms. The Labute approximate surface area is 157 Å². The van der Waals surface area contributed by atoms with E-state index in [1.165, 1.54) is 39.0 Å². The van der Waals surface area contributed by atoms with Crippen molar-refractivity contribution in [3.63, 3.8) is 0 Å². The second-order valence-electron chi connectivity index (χ2n) is 9.35. The zero-order chi connectivity index (χ0) is 19.2. The van der Waals surface area contributed by atoms with Crippen molar-refractivity contribution >= 4 is 0 Å². The Balaban J connectivity index is 2.79. The van der Waals surface area contributed by atoms with Crippen LogP contribution in [0.3, 0.4) is 0 Å². The Morgan fingerprint density at radius 3 is 1.96 bits per heavy atom. The van der Waals surface area contributed by atoms with Gasteiger partial charge in [-0.2, -0.15) is 9.80 Å². The Kier molecular flexibility index (Phi) is 6.01. The minimum Gasteiger partial charge on any atom is -0.244 e. The van der Waals surface area contributed by atoms with Gasteiger partial charge in [0.25, 0.3) is 0 Å². The van der Waals surface area contributed by atoms with Crippen LogP contribution in [0.2, 0.25) is 0 Å². The molecule has 4 nitrogen and oxygen atoms in total. The second kappa shape index (κ2) is 7.10. The molecule has 0 aliphatic carbocycles. The summed E-state index contributed by atoms with van der Waals surface area (Å²) in [5.41, 5.74) is 0. The molecular weight excluding hydrogens is 308 g/mol. The monoisotopic (exact) mass is 354 g/mol. The van der Waals surface area contributed by atoms with Gasteiger partial charge < -0.3 is 0 Å². The van der Waals surface area contributed by atoms with Gasteiger partial charge in [-0.25, -0.2) is 8.97 Å². The molecule has 0 saturated carbocycles. The highest BCUT2D eigenvalue weighted by molar-refractivity contribution is 4.95. The molecule has 0 aromatic heterocycles. The fraction of sp³-hybridized carbons (Fsp3) is 1.00. The highest BCUT2D eigenvalue weighted by atomic mass is 15.9. The molecule has 2 fully saturated rings. The van der Waals surface area contributed by atoms with E-state index in [1.54, 1.807) is 0 Å². The lowest BCUT2D eigenvalue weighted by Crippen LogP contribution is -2.83. The molecule has 2 rings (SSSR count). The predicted molar refractivity (Wildman–Crippen MR) is 108 cm³/mol. The zero-order valence-electron chi connectivity index (χ0n) is 18.8. The minimum atomic E-state index is 0.0627. The molecule has 0 aromatic rings. The SMILES string of the molecule is CCC(C)N1CC(C)[N@@+](C)(CC)C12N(C(C)CC)C(C)C[N@@+]2(C)CC. The highest BCUT2D eigenvalue weighted by Crippen LogP contribution is 2.52. The Hall–Kier alpha value is -0.160. The first-order valence-corrected chi connectivity index (χ1v) is 10.9. The van der Waals surface area contributed by atoms with Crippen molar-refractivity contribution in [2.24, 2.45) is 0 Å². The lowest BCUT2D eigenvalue weighted by molar-refractivity contribution is -1.17. The maximum absolute atomic E-state index is 2.94. The lowest BCUT2D eigenvalue weighted by atomic mass is 10.1. The van der Waals surface area contributed by atoms with Crippen molar-refractivity contribution in [2.45, 2.75) is 98.3 Å². The van der Waals surface area contributed by atoms with E-state index in [4.69, 9.17) is 0 Å². The maximum atomic E-state index is 2.94. The zero-order valence-corrected chi connectivity index (χ0v) is 18.8. The van der Waals surface area contributed by atoms with Crippen LogP contribution in [-0.4, -0.2) is 89.1 Å². The molecule has 2 saturated heterocycles. The second-order valence-corrected chi connectivity index (χ2v) is 9.35. The van der Waals surface area contributed by atoms with E-state index in [0.29, 0.717) is 24.2 Å². The summed E-state index contributed by atoms with van der Waals surface area (Å²) >= 11 is 0. The topological polar surface area (TPSA) is 6.48 Å². The van der Waals surface area contributed by atoms with Crippen molar-refractivity contribution in [1.29, 1.82) is 0 Å². The van der Waals surface area contributed by atoms with Gasteiger partial charge >= 0.3 is 5.91 Å². The largest absolute Gasteiger partial charge is 0.357 e.